The first-order chi connectivity index (χ1) is 13.2. The molecule has 2 aromatic rings. The van der Waals surface area contributed by atoms with Gasteiger partial charge >= 0.3 is 0 Å². The van der Waals surface area contributed by atoms with Crippen molar-refractivity contribution in [1.82, 2.24) is 5.32 Å². The van der Waals surface area contributed by atoms with Gasteiger partial charge in [-0.2, -0.15) is 0 Å². The zero-order chi connectivity index (χ0) is 20.5. The summed E-state index contributed by atoms with van der Waals surface area (Å²) in [7, 11) is 0. The Morgan fingerprint density at radius 1 is 1.11 bits per heavy atom. The Morgan fingerprint density at radius 2 is 1.75 bits per heavy atom. The van der Waals surface area contributed by atoms with Crippen molar-refractivity contribution in [2.45, 2.75) is 43.5 Å². The summed E-state index contributed by atoms with van der Waals surface area (Å²) in [6, 6.07) is 7.68. The summed E-state index contributed by atoms with van der Waals surface area (Å²) in [5.74, 6) is -1.28. The molecule has 8 heteroatoms. The van der Waals surface area contributed by atoms with E-state index >= 15 is 0 Å². The lowest BCUT2D eigenvalue weighted by Gasteiger charge is -2.41. The molecule has 0 bridgehead atoms. The van der Waals surface area contributed by atoms with Crippen molar-refractivity contribution >= 4 is 40.7 Å². The first kappa shape index (κ1) is 21.3. The van der Waals surface area contributed by atoms with E-state index in [1.165, 1.54) is 30.3 Å². The van der Waals surface area contributed by atoms with Gasteiger partial charge in [0.15, 0.2) is 0 Å². The van der Waals surface area contributed by atoms with Crippen molar-refractivity contribution in [1.29, 1.82) is 0 Å². The summed E-state index contributed by atoms with van der Waals surface area (Å²) in [6.45, 7) is 0. The van der Waals surface area contributed by atoms with Crippen LogP contribution >= 0.6 is 34.8 Å². The van der Waals surface area contributed by atoms with Gasteiger partial charge in [-0.25, -0.2) is 8.78 Å². The Morgan fingerprint density at radius 3 is 2.43 bits per heavy atom. The molecule has 1 atom stereocenters. The van der Waals surface area contributed by atoms with Crippen LogP contribution in [0, 0.1) is 5.82 Å². The SMILES string of the molecule is O=C(NC(c1cccc(F)c1Cl)[C@]1(O)CC[C@H](F)CC1)c1cccc(Cl)c1Cl. The van der Waals surface area contributed by atoms with Crippen LogP contribution in [-0.2, 0) is 0 Å². The van der Waals surface area contributed by atoms with Gasteiger partial charge in [0, 0.05) is 0 Å². The number of carbonyl (C=O) groups excluding carboxylic acids is 1. The fraction of sp³-hybridized carbons (Fsp3) is 0.350. The standard InChI is InChI=1S/C20H18Cl3F2NO2/c21-14-5-1-4-13(16(14)22)19(27)26-18(12-3-2-6-15(25)17(12)23)20(28)9-7-11(24)8-10-20/h1-6,11,18,28H,7-10H2,(H,26,27)/t11-,18?,20-. The van der Waals surface area contributed by atoms with E-state index in [1.807, 2.05) is 0 Å². The zero-order valence-corrected chi connectivity index (χ0v) is 17.0. The van der Waals surface area contributed by atoms with E-state index in [2.05, 4.69) is 5.32 Å². The lowest BCUT2D eigenvalue weighted by molar-refractivity contribution is -0.0445. The number of aliphatic hydroxyl groups is 1. The lowest BCUT2D eigenvalue weighted by Crippen LogP contribution is -2.48. The summed E-state index contributed by atoms with van der Waals surface area (Å²) in [5, 5.41) is 14.0. The van der Waals surface area contributed by atoms with Crippen molar-refractivity contribution < 1.29 is 18.7 Å². The predicted molar refractivity (Wildman–Crippen MR) is 106 cm³/mol. The molecule has 0 heterocycles. The number of alkyl halides is 1. The first-order valence-corrected chi connectivity index (χ1v) is 9.91. The molecule has 28 heavy (non-hydrogen) atoms. The number of carbonyl (C=O) groups is 1. The molecule has 150 valence electrons. The van der Waals surface area contributed by atoms with Gasteiger partial charge in [-0.1, -0.05) is 53.0 Å². The van der Waals surface area contributed by atoms with Crippen LogP contribution in [0.4, 0.5) is 8.78 Å². The van der Waals surface area contributed by atoms with E-state index in [-0.39, 0.29) is 51.9 Å². The molecule has 2 aromatic carbocycles. The highest BCUT2D eigenvalue weighted by Crippen LogP contribution is 2.42. The third-order valence-electron chi connectivity index (χ3n) is 5.08. The first-order valence-electron chi connectivity index (χ1n) is 8.78. The highest BCUT2D eigenvalue weighted by molar-refractivity contribution is 6.43. The van der Waals surface area contributed by atoms with Crippen molar-refractivity contribution in [3.63, 3.8) is 0 Å². The number of hydrogen-bond acceptors (Lipinski definition) is 2. The molecule has 1 unspecified atom stereocenters. The Hall–Kier alpha value is -1.40. The molecule has 3 rings (SSSR count). The Balaban J connectivity index is 2.00. The molecular formula is C20H18Cl3F2NO2. The number of nitrogens with one attached hydrogen (secondary N) is 1. The molecular weight excluding hydrogens is 431 g/mol. The maximum atomic E-state index is 14.0. The molecule has 0 radical (unpaired) electrons. The van der Waals surface area contributed by atoms with E-state index in [1.54, 1.807) is 6.07 Å². The minimum Gasteiger partial charge on any atom is -0.387 e. The average molecular weight is 449 g/mol. The fourth-order valence-corrected chi connectivity index (χ4v) is 4.13. The van der Waals surface area contributed by atoms with Gasteiger partial charge < -0.3 is 10.4 Å². The normalized spacial score (nSPS) is 23.3. The van der Waals surface area contributed by atoms with E-state index in [4.69, 9.17) is 34.8 Å². The highest BCUT2D eigenvalue weighted by Gasteiger charge is 2.43. The number of rotatable bonds is 4. The van der Waals surface area contributed by atoms with Crippen molar-refractivity contribution in [3.8, 4) is 0 Å². The van der Waals surface area contributed by atoms with E-state index in [0.717, 1.165) is 0 Å². The summed E-state index contributed by atoms with van der Waals surface area (Å²) in [4.78, 5) is 12.9. The topological polar surface area (TPSA) is 49.3 Å². The Bertz CT molecular complexity index is 886. The van der Waals surface area contributed by atoms with E-state index in [9.17, 15) is 18.7 Å². The maximum absolute atomic E-state index is 14.0. The third kappa shape index (κ3) is 4.28. The molecule has 1 aliphatic rings. The van der Waals surface area contributed by atoms with Gasteiger partial charge in [0.25, 0.3) is 5.91 Å². The molecule has 1 aliphatic carbocycles. The molecule has 0 aromatic heterocycles. The molecule has 1 fully saturated rings. The van der Waals surface area contributed by atoms with Crippen LogP contribution in [0.15, 0.2) is 36.4 Å². The number of benzene rings is 2. The molecule has 0 spiro atoms. The van der Waals surface area contributed by atoms with Crippen molar-refractivity contribution in [3.05, 3.63) is 68.4 Å². The number of halogens is 5. The van der Waals surface area contributed by atoms with Gasteiger partial charge in [-0.15, -0.1) is 0 Å². The zero-order valence-electron chi connectivity index (χ0n) is 14.7. The molecule has 0 aliphatic heterocycles. The number of hydrogen-bond donors (Lipinski definition) is 2. The maximum Gasteiger partial charge on any atom is 0.253 e. The minimum atomic E-state index is -1.49. The quantitative estimate of drug-likeness (QED) is 0.612. The van der Waals surface area contributed by atoms with E-state index < -0.39 is 29.5 Å². The monoisotopic (exact) mass is 447 g/mol. The highest BCUT2D eigenvalue weighted by atomic mass is 35.5. The van der Waals surface area contributed by atoms with Gasteiger partial charge in [0.05, 0.1) is 32.3 Å². The van der Waals surface area contributed by atoms with Crippen LogP contribution in [-0.4, -0.2) is 22.8 Å². The van der Waals surface area contributed by atoms with Gasteiger partial charge in [0.1, 0.15) is 12.0 Å². The second-order valence-corrected chi connectivity index (χ2v) is 8.09. The molecule has 0 saturated heterocycles. The minimum absolute atomic E-state index is 0.0604. The van der Waals surface area contributed by atoms with Crippen molar-refractivity contribution in [2.75, 3.05) is 0 Å². The van der Waals surface area contributed by atoms with Gasteiger partial charge in [-0.3, -0.25) is 4.79 Å². The molecule has 1 amide bonds. The molecule has 1 saturated carbocycles. The van der Waals surface area contributed by atoms with Gasteiger partial charge in [0.2, 0.25) is 0 Å². The molecule has 3 nitrogen and oxygen atoms in total. The summed E-state index contributed by atoms with van der Waals surface area (Å²) in [5.41, 5.74) is -1.16. The second kappa shape index (κ2) is 8.54. The van der Waals surface area contributed by atoms with Crippen molar-refractivity contribution in [2.24, 2.45) is 0 Å². The predicted octanol–water partition coefficient (Wildman–Crippen LogP) is 5.90. The van der Waals surface area contributed by atoms with Crippen LogP contribution in [0.3, 0.4) is 0 Å². The van der Waals surface area contributed by atoms with Crippen LogP contribution in [0.1, 0.15) is 47.6 Å². The fourth-order valence-electron chi connectivity index (χ4n) is 3.50. The average Bonchev–Trinajstić information content (AvgIpc) is 2.67. The smallest absolute Gasteiger partial charge is 0.253 e. The summed E-state index contributed by atoms with van der Waals surface area (Å²) >= 11 is 18.2. The summed E-state index contributed by atoms with van der Waals surface area (Å²) in [6.07, 6.45) is -0.576. The molecule has 2 N–H and O–H groups in total. The lowest BCUT2D eigenvalue weighted by atomic mass is 9.76. The Kier molecular flexibility index (Phi) is 6.50. The van der Waals surface area contributed by atoms with Crippen LogP contribution in [0.25, 0.3) is 0 Å². The second-order valence-electron chi connectivity index (χ2n) is 6.93. The largest absolute Gasteiger partial charge is 0.387 e. The Labute approximate surface area is 176 Å². The summed E-state index contributed by atoms with van der Waals surface area (Å²) < 4.78 is 27.7. The van der Waals surface area contributed by atoms with Crippen LogP contribution < -0.4 is 5.32 Å². The van der Waals surface area contributed by atoms with E-state index in [0.29, 0.717) is 0 Å². The van der Waals surface area contributed by atoms with Gasteiger partial charge in [-0.05, 0) is 49.4 Å². The van der Waals surface area contributed by atoms with Crippen LogP contribution in [0.5, 0.6) is 0 Å². The third-order valence-corrected chi connectivity index (χ3v) is 6.30. The van der Waals surface area contributed by atoms with Crippen LogP contribution in [0.2, 0.25) is 15.1 Å². The number of amides is 1.